The second kappa shape index (κ2) is 28.8. The first-order valence-electron chi connectivity index (χ1n) is 21.1. The fraction of sp³-hybridized carbons (Fsp3) is 0.453. The molecule has 4 nitrogen and oxygen atoms in total. The molecule has 0 fully saturated rings. The molecule has 5 rings (SSSR count). The van der Waals surface area contributed by atoms with Crippen LogP contribution >= 0.6 is 0 Å². The van der Waals surface area contributed by atoms with Gasteiger partial charge in [-0.2, -0.15) is 0 Å². The van der Waals surface area contributed by atoms with Crippen LogP contribution in [0.3, 0.4) is 0 Å². The van der Waals surface area contributed by atoms with Gasteiger partial charge in [-0.3, -0.25) is 0 Å². The van der Waals surface area contributed by atoms with Gasteiger partial charge in [0.2, 0.25) is 0 Å². The van der Waals surface area contributed by atoms with Crippen molar-refractivity contribution in [3.63, 3.8) is 0 Å². The Balaban J connectivity index is 0.000000360. The molecular formula is C53H77NO3. The molecule has 1 aromatic heterocycles. The van der Waals surface area contributed by atoms with Crippen LogP contribution < -0.4 is 4.74 Å². The number of ether oxygens (including phenoxy) is 1. The fourth-order valence-corrected chi connectivity index (χ4v) is 6.24. The van der Waals surface area contributed by atoms with Crippen LogP contribution in [0, 0.1) is 50.4 Å². The number of carboxylic acid groups (broad SMARTS) is 1. The fourth-order valence-electron chi connectivity index (χ4n) is 6.24. The second-order valence-electron chi connectivity index (χ2n) is 17.5. The zero-order chi connectivity index (χ0) is 42.8. The molecule has 0 saturated heterocycles. The van der Waals surface area contributed by atoms with E-state index < -0.39 is 5.97 Å². The number of aryl methyl sites for hydroxylation is 3. The average molecular weight is 776 g/mol. The SMILES string of the molecule is CC(C)Cc1ccc[nH]1.CC(C)Cc1cccc(OCC(=O)O)c1.Cc1cccc(CC(C)C)c1.Cc1cccc(CC(C)C)c1.Cc1cccc(CC(C)C)c1. The van der Waals surface area contributed by atoms with Crippen molar-refractivity contribution < 1.29 is 14.6 Å². The predicted octanol–water partition coefficient (Wildman–Crippen LogP) is 14.1. The summed E-state index contributed by atoms with van der Waals surface area (Å²) in [6.45, 7) is 28.4. The Bertz CT molecular complexity index is 1640. The Morgan fingerprint density at radius 3 is 1.14 bits per heavy atom. The third kappa shape index (κ3) is 27.6. The molecule has 312 valence electrons. The molecule has 0 aliphatic heterocycles. The van der Waals surface area contributed by atoms with Gasteiger partial charge < -0.3 is 14.8 Å². The Kier molecular flexibility index (Phi) is 25.5. The van der Waals surface area contributed by atoms with Gasteiger partial charge in [0, 0.05) is 11.9 Å². The van der Waals surface area contributed by atoms with E-state index in [0.29, 0.717) is 11.7 Å². The van der Waals surface area contributed by atoms with Crippen molar-refractivity contribution in [2.24, 2.45) is 29.6 Å². The van der Waals surface area contributed by atoms with Crippen molar-refractivity contribution in [2.45, 2.75) is 122 Å². The van der Waals surface area contributed by atoms with Crippen molar-refractivity contribution in [3.8, 4) is 5.75 Å². The first-order chi connectivity index (χ1) is 26.9. The molecule has 0 aliphatic carbocycles. The Morgan fingerprint density at radius 2 is 0.842 bits per heavy atom. The lowest BCUT2D eigenvalue weighted by Crippen LogP contribution is -2.09. The predicted molar refractivity (Wildman–Crippen MR) is 247 cm³/mol. The molecular weight excluding hydrogens is 699 g/mol. The molecule has 0 aliphatic rings. The van der Waals surface area contributed by atoms with Crippen LogP contribution in [-0.4, -0.2) is 22.7 Å². The molecule has 0 radical (unpaired) electrons. The third-order valence-electron chi connectivity index (χ3n) is 8.37. The van der Waals surface area contributed by atoms with Crippen molar-refractivity contribution in [1.82, 2.24) is 4.98 Å². The van der Waals surface area contributed by atoms with Gasteiger partial charge in [0.05, 0.1) is 0 Å². The molecule has 0 unspecified atom stereocenters. The maximum absolute atomic E-state index is 10.3. The van der Waals surface area contributed by atoms with Crippen LogP contribution in [0.4, 0.5) is 0 Å². The standard InChI is InChI=1S/C12H16O3.3C11H16.C8H13N/c1-9(2)6-10-4-3-5-11(7-10)15-8-12(13)14;3*1-9(2)7-11-6-4-5-10(3)8-11;1-7(2)6-8-4-3-5-9-8/h3-5,7,9H,6,8H2,1-2H3,(H,13,14);3*4-6,8-9H,7H2,1-3H3;3-5,7,9H,6H2,1-2H3. The van der Waals surface area contributed by atoms with Crippen LogP contribution in [0.25, 0.3) is 0 Å². The minimum Gasteiger partial charge on any atom is -0.482 e. The highest BCUT2D eigenvalue weighted by atomic mass is 16.5. The molecule has 2 N–H and O–H groups in total. The number of H-pyrrole nitrogens is 1. The molecule has 57 heavy (non-hydrogen) atoms. The largest absolute Gasteiger partial charge is 0.482 e. The van der Waals surface area contributed by atoms with Gasteiger partial charge >= 0.3 is 5.97 Å². The van der Waals surface area contributed by atoms with Gasteiger partial charge in [0.25, 0.3) is 0 Å². The monoisotopic (exact) mass is 776 g/mol. The molecule has 0 atom stereocenters. The highest BCUT2D eigenvalue weighted by Crippen LogP contribution is 2.16. The van der Waals surface area contributed by atoms with Gasteiger partial charge in [0.15, 0.2) is 6.61 Å². The van der Waals surface area contributed by atoms with E-state index in [0.717, 1.165) is 36.5 Å². The van der Waals surface area contributed by atoms with Crippen molar-refractivity contribution in [1.29, 1.82) is 0 Å². The van der Waals surface area contributed by atoms with E-state index in [1.54, 1.807) is 6.07 Å². The lowest BCUT2D eigenvalue weighted by Gasteiger charge is -2.07. The molecule has 5 aromatic rings. The number of benzene rings is 4. The van der Waals surface area contributed by atoms with Gasteiger partial charge in [0.1, 0.15) is 5.75 Å². The first kappa shape index (κ1) is 50.4. The molecule has 0 amide bonds. The molecule has 4 heteroatoms. The van der Waals surface area contributed by atoms with E-state index >= 15 is 0 Å². The van der Waals surface area contributed by atoms with E-state index in [2.05, 4.69) is 174 Å². The topological polar surface area (TPSA) is 62.3 Å². The zero-order valence-corrected chi connectivity index (χ0v) is 37.9. The van der Waals surface area contributed by atoms with E-state index in [9.17, 15) is 4.79 Å². The molecule has 0 spiro atoms. The summed E-state index contributed by atoms with van der Waals surface area (Å²) in [5.74, 6) is 3.29. The smallest absolute Gasteiger partial charge is 0.341 e. The minimum atomic E-state index is -0.954. The maximum Gasteiger partial charge on any atom is 0.341 e. The van der Waals surface area contributed by atoms with E-state index in [1.807, 2.05) is 30.5 Å². The Hall–Kier alpha value is -4.57. The third-order valence-corrected chi connectivity index (χ3v) is 8.37. The van der Waals surface area contributed by atoms with Crippen LogP contribution in [0.15, 0.2) is 115 Å². The number of nitrogens with one attached hydrogen (secondary N) is 1. The number of carboxylic acids is 1. The van der Waals surface area contributed by atoms with Crippen molar-refractivity contribution in [2.75, 3.05) is 6.61 Å². The van der Waals surface area contributed by atoms with Crippen molar-refractivity contribution >= 4 is 5.97 Å². The summed E-state index contributed by atoms with van der Waals surface area (Å²) in [5, 5.41) is 8.46. The van der Waals surface area contributed by atoms with Crippen LogP contribution in [0.5, 0.6) is 5.75 Å². The second-order valence-corrected chi connectivity index (χ2v) is 17.5. The first-order valence-corrected chi connectivity index (χ1v) is 21.1. The average Bonchev–Trinajstić information content (AvgIpc) is 3.60. The number of hydrogen-bond acceptors (Lipinski definition) is 2. The van der Waals surface area contributed by atoms with Gasteiger partial charge in [-0.25, -0.2) is 4.79 Å². The number of aromatic nitrogens is 1. The van der Waals surface area contributed by atoms with Gasteiger partial charge in [-0.15, -0.1) is 0 Å². The number of carbonyl (C=O) groups is 1. The molecule has 1 heterocycles. The summed E-state index contributed by atoms with van der Waals surface area (Å²) < 4.78 is 5.09. The quantitative estimate of drug-likeness (QED) is 0.125. The van der Waals surface area contributed by atoms with Crippen molar-refractivity contribution in [3.05, 3.63) is 160 Å². The number of rotatable bonds is 13. The molecule has 4 aromatic carbocycles. The summed E-state index contributed by atoms with van der Waals surface area (Å²) in [6, 6.07) is 38.0. The van der Waals surface area contributed by atoms with Gasteiger partial charge in [-0.1, -0.05) is 171 Å². The number of aliphatic carboxylic acids is 1. The van der Waals surface area contributed by atoms with Crippen LogP contribution in [-0.2, 0) is 36.9 Å². The van der Waals surface area contributed by atoms with E-state index in [4.69, 9.17) is 9.84 Å². The summed E-state index contributed by atoms with van der Waals surface area (Å²) >= 11 is 0. The lowest BCUT2D eigenvalue weighted by molar-refractivity contribution is -0.139. The zero-order valence-electron chi connectivity index (χ0n) is 37.9. The molecule has 0 saturated carbocycles. The van der Waals surface area contributed by atoms with E-state index in [-0.39, 0.29) is 6.61 Å². The van der Waals surface area contributed by atoms with Crippen LogP contribution in [0.1, 0.15) is 114 Å². The van der Waals surface area contributed by atoms with Crippen LogP contribution in [0.2, 0.25) is 0 Å². The maximum atomic E-state index is 10.3. The molecule has 0 bridgehead atoms. The summed E-state index contributed by atoms with van der Waals surface area (Å²) in [5.41, 5.74) is 11.0. The summed E-state index contributed by atoms with van der Waals surface area (Å²) in [6.07, 6.45) is 7.69. The summed E-state index contributed by atoms with van der Waals surface area (Å²) in [4.78, 5) is 13.5. The Labute approximate surface area is 348 Å². The number of hydrogen-bond donors (Lipinski definition) is 2. The Morgan fingerprint density at radius 1 is 0.491 bits per heavy atom. The number of aromatic amines is 1. The highest BCUT2D eigenvalue weighted by Gasteiger charge is 2.03. The highest BCUT2D eigenvalue weighted by molar-refractivity contribution is 5.68. The van der Waals surface area contributed by atoms with E-state index in [1.165, 1.54) is 63.9 Å². The minimum absolute atomic E-state index is 0.287. The van der Waals surface area contributed by atoms with Gasteiger partial charge in [-0.05, 0) is 129 Å². The summed E-state index contributed by atoms with van der Waals surface area (Å²) in [7, 11) is 0. The lowest BCUT2D eigenvalue weighted by atomic mass is 10.0. The normalized spacial score (nSPS) is 10.5.